The number of rotatable bonds is 2. The summed E-state index contributed by atoms with van der Waals surface area (Å²) >= 11 is 0. The van der Waals surface area contributed by atoms with Crippen molar-refractivity contribution in [1.29, 1.82) is 0 Å². The van der Waals surface area contributed by atoms with E-state index in [4.69, 9.17) is 5.73 Å². The van der Waals surface area contributed by atoms with E-state index in [0.29, 0.717) is 0 Å². The molecular weight excluding hydrogens is 217 g/mol. The highest BCUT2D eigenvalue weighted by Crippen LogP contribution is 2.31. The number of halogens is 5. The number of hydrogen-bond donors (Lipinski definition) is 1. The second kappa shape index (κ2) is 4.14. The first-order valence-corrected chi connectivity index (χ1v) is 4.02. The zero-order valence-corrected chi connectivity index (χ0v) is 7.43. The first-order valence-electron chi connectivity index (χ1n) is 4.02. The van der Waals surface area contributed by atoms with Gasteiger partial charge in [0.1, 0.15) is 6.04 Å². The summed E-state index contributed by atoms with van der Waals surface area (Å²) in [5.74, 6) is 0. The summed E-state index contributed by atoms with van der Waals surface area (Å²) in [6.45, 7) is 0. The fourth-order valence-corrected chi connectivity index (χ4v) is 1.08. The summed E-state index contributed by atoms with van der Waals surface area (Å²) in [5, 5.41) is 0. The van der Waals surface area contributed by atoms with E-state index in [0.717, 1.165) is 24.3 Å². The van der Waals surface area contributed by atoms with Gasteiger partial charge in [0.25, 0.3) is 6.43 Å². The molecule has 0 aliphatic heterocycles. The molecule has 0 aliphatic rings. The zero-order chi connectivity index (χ0) is 11.6. The van der Waals surface area contributed by atoms with Gasteiger partial charge in [0.2, 0.25) is 0 Å². The molecule has 1 aromatic carbocycles. The van der Waals surface area contributed by atoms with Crippen LogP contribution in [0.3, 0.4) is 0 Å². The lowest BCUT2D eigenvalue weighted by molar-refractivity contribution is -0.149. The van der Waals surface area contributed by atoms with Crippen molar-refractivity contribution >= 4 is 0 Å². The van der Waals surface area contributed by atoms with Gasteiger partial charge in [-0.3, -0.25) is 0 Å². The third-order valence-electron chi connectivity index (χ3n) is 1.87. The normalized spacial score (nSPS) is 14.3. The Hall–Kier alpha value is -1.17. The highest BCUT2D eigenvalue weighted by Gasteiger charge is 2.37. The summed E-state index contributed by atoms with van der Waals surface area (Å²) in [6, 6.07) is 1.79. The van der Waals surface area contributed by atoms with Gasteiger partial charge in [-0.15, -0.1) is 0 Å². The Bertz CT molecular complexity index is 334. The first kappa shape index (κ1) is 11.9. The van der Waals surface area contributed by atoms with Crippen LogP contribution in [0.2, 0.25) is 0 Å². The molecular formula is C9H8F5N. The molecule has 1 atom stereocenters. The Morgan fingerprint density at radius 2 is 1.60 bits per heavy atom. The first-order chi connectivity index (χ1) is 6.82. The van der Waals surface area contributed by atoms with Crippen LogP contribution in [-0.2, 0) is 0 Å². The van der Waals surface area contributed by atoms with Crippen molar-refractivity contribution in [2.45, 2.75) is 18.6 Å². The topological polar surface area (TPSA) is 26.0 Å². The average Bonchev–Trinajstić information content (AvgIpc) is 2.15. The van der Waals surface area contributed by atoms with Gasteiger partial charge in [0, 0.05) is 5.56 Å². The number of nitrogens with two attached hydrogens (primary N) is 1. The fourth-order valence-electron chi connectivity index (χ4n) is 1.08. The maximum atomic E-state index is 12.2. The molecule has 0 amide bonds. The van der Waals surface area contributed by atoms with Crippen molar-refractivity contribution in [3.63, 3.8) is 0 Å². The standard InChI is InChI=1S/C9H8F5N/c10-8(11)6-3-1-2-5(4-6)7(15)9(12,13)14/h1-4,7-8H,15H2/t7-/m1/s1. The summed E-state index contributed by atoms with van der Waals surface area (Å²) in [7, 11) is 0. The van der Waals surface area contributed by atoms with Crippen molar-refractivity contribution in [2.75, 3.05) is 0 Å². The molecule has 0 aromatic heterocycles. The van der Waals surface area contributed by atoms with Crippen LogP contribution in [0.15, 0.2) is 24.3 Å². The molecule has 0 radical (unpaired) electrons. The molecule has 0 bridgehead atoms. The third kappa shape index (κ3) is 2.89. The maximum absolute atomic E-state index is 12.2. The van der Waals surface area contributed by atoms with E-state index in [1.807, 2.05) is 0 Å². The molecule has 2 N–H and O–H groups in total. The van der Waals surface area contributed by atoms with E-state index < -0.39 is 24.2 Å². The van der Waals surface area contributed by atoms with Gasteiger partial charge in [-0.05, 0) is 11.6 Å². The number of benzene rings is 1. The monoisotopic (exact) mass is 225 g/mol. The molecule has 1 aromatic rings. The minimum atomic E-state index is -4.62. The minimum Gasteiger partial charge on any atom is -0.316 e. The smallest absolute Gasteiger partial charge is 0.316 e. The van der Waals surface area contributed by atoms with Crippen LogP contribution in [0.25, 0.3) is 0 Å². The Morgan fingerprint density at radius 3 is 2.07 bits per heavy atom. The van der Waals surface area contributed by atoms with E-state index in [1.54, 1.807) is 0 Å². The number of hydrogen-bond acceptors (Lipinski definition) is 1. The maximum Gasteiger partial charge on any atom is 0.407 e. The molecule has 84 valence electrons. The lowest BCUT2D eigenvalue weighted by Gasteiger charge is -2.16. The van der Waals surface area contributed by atoms with Crippen LogP contribution in [0, 0.1) is 0 Å². The predicted octanol–water partition coefficient (Wildman–Crippen LogP) is 3.19. The number of alkyl halides is 5. The summed E-state index contributed by atoms with van der Waals surface area (Å²) in [4.78, 5) is 0. The van der Waals surface area contributed by atoms with E-state index >= 15 is 0 Å². The van der Waals surface area contributed by atoms with Crippen molar-refractivity contribution in [1.82, 2.24) is 0 Å². The second-order valence-electron chi connectivity index (χ2n) is 2.99. The molecule has 6 heteroatoms. The van der Waals surface area contributed by atoms with Crippen LogP contribution < -0.4 is 5.73 Å². The van der Waals surface area contributed by atoms with Gasteiger partial charge in [-0.1, -0.05) is 18.2 Å². The van der Waals surface area contributed by atoms with Crippen LogP contribution in [0.4, 0.5) is 22.0 Å². The van der Waals surface area contributed by atoms with Crippen molar-refractivity contribution in [3.8, 4) is 0 Å². The predicted molar refractivity (Wildman–Crippen MR) is 44.4 cm³/mol. The summed E-state index contributed by atoms with van der Waals surface area (Å²) < 4.78 is 60.8. The summed E-state index contributed by atoms with van der Waals surface area (Å²) in [6.07, 6.45) is -7.42. The van der Waals surface area contributed by atoms with E-state index in [1.165, 1.54) is 0 Å². The largest absolute Gasteiger partial charge is 0.407 e. The van der Waals surface area contributed by atoms with Crippen LogP contribution >= 0.6 is 0 Å². The molecule has 0 aliphatic carbocycles. The Morgan fingerprint density at radius 1 is 1.07 bits per heavy atom. The van der Waals surface area contributed by atoms with Crippen molar-refractivity contribution < 1.29 is 22.0 Å². The molecule has 0 unspecified atom stereocenters. The zero-order valence-electron chi connectivity index (χ0n) is 7.43. The fraction of sp³-hybridized carbons (Fsp3) is 0.333. The second-order valence-corrected chi connectivity index (χ2v) is 2.99. The minimum absolute atomic E-state index is 0.361. The lowest BCUT2D eigenvalue weighted by Crippen LogP contribution is -2.28. The van der Waals surface area contributed by atoms with Crippen molar-refractivity contribution in [3.05, 3.63) is 35.4 Å². The highest BCUT2D eigenvalue weighted by molar-refractivity contribution is 5.27. The van der Waals surface area contributed by atoms with Crippen LogP contribution in [-0.4, -0.2) is 6.18 Å². The van der Waals surface area contributed by atoms with Gasteiger partial charge in [-0.25, -0.2) is 8.78 Å². The lowest BCUT2D eigenvalue weighted by atomic mass is 10.0. The molecule has 0 heterocycles. The van der Waals surface area contributed by atoms with Crippen LogP contribution in [0.5, 0.6) is 0 Å². The average molecular weight is 225 g/mol. The third-order valence-corrected chi connectivity index (χ3v) is 1.87. The van der Waals surface area contributed by atoms with Crippen LogP contribution in [0.1, 0.15) is 23.6 Å². The van der Waals surface area contributed by atoms with Gasteiger partial charge in [-0.2, -0.15) is 13.2 Å². The molecule has 1 rings (SSSR count). The molecule has 0 saturated carbocycles. The Balaban J connectivity index is 3.00. The van der Waals surface area contributed by atoms with Crippen molar-refractivity contribution in [2.24, 2.45) is 5.73 Å². The quantitative estimate of drug-likeness (QED) is 0.768. The van der Waals surface area contributed by atoms with E-state index in [-0.39, 0.29) is 5.56 Å². The van der Waals surface area contributed by atoms with E-state index in [2.05, 4.69) is 0 Å². The Labute approximate surface area is 82.7 Å². The van der Waals surface area contributed by atoms with E-state index in [9.17, 15) is 22.0 Å². The van der Waals surface area contributed by atoms with Gasteiger partial charge >= 0.3 is 6.18 Å². The Kier molecular flexibility index (Phi) is 3.28. The van der Waals surface area contributed by atoms with Gasteiger partial charge in [0.05, 0.1) is 0 Å². The molecule has 0 fully saturated rings. The van der Waals surface area contributed by atoms with Gasteiger partial charge in [0.15, 0.2) is 0 Å². The summed E-state index contributed by atoms with van der Waals surface area (Å²) in [5.41, 5.74) is 4.04. The molecule has 0 spiro atoms. The highest BCUT2D eigenvalue weighted by atomic mass is 19.4. The van der Waals surface area contributed by atoms with Gasteiger partial charge < -0.3 is 5.73 Å². The molecule has 15 heavy (non-hydrogen) atoms. The molecule has 1 nitrogen and oxygen atoms in total. The SMILES string of the molecule is N[C@H](c1cccc(C(F)F)c1)C(F)(F)F. The molecule has 0 saturated heterocycles.